The van der Waals surface area contributed by atoms with Crippen molar-refractivity contribution in [1.29, 1.82) is 0 Å². The molecule has 1 aromatic rings. The summed E-state index contributed by atoms with van der Waals surface area (Å²) >= 11 is 0. The van der Waals surface area contributed by atoms with E-state index in [0.29, 0.717) is 6.61 Å². The SMILES string of the molecule is Cc1ccc(CN(C)CC2(CO)CCCCCC2)o1. The molecule has 0 aliphatic heterocycles. The molecule has 19 heavy (non-hydrogen) atoms. The minimum atomic E-state index is 0.104. The molecule has 0 amide bonds. The molecule has 1 saturated carbocycles. The van der Waals surface area contributed by atoms with Crippen molar-refractivity contribution in [3.63, 3.8) is 0 Å². The largest absolute Gasteiger partial charge is 0.465 e. The second-order valence-electron chi connectivity index (χ2n) is 6.26. The number of hydrogen-bond acceptors (Lipinski definition) is 3. The molecule has 0 radical (unpaired) electrons. The van der Waals surface area contributed by atoms with Gasteiger partial charge in [0.15, 0.2) is 0 Å². The van der Waals surface area contributed by atoms with Crippen molar-refractivity contribution in [1.82, 2.24) is 4.90 Å². The Hall–Kier alpha value is -0.800. The van der Waals surface area contributed by atoms with Crippen LogP contribution in [0.2, 0.25) is 0 Å². The standard InChI is InChI=1S/C16H27NO2/c1-14-7-8-15(19-14)11-17(2)12-16(13-18)9-5-3-4-6-10-16/h7-8,18H,3-6,9-13H2,1-2H3. The Morgan fingerprint density at radius 2 is 1.89 bits per heavy atom. The van der Waals surface area contributed by atoms with E-state index < -0.39 is 0 Å². The van der Waals surface area contributed by atoms with Gasteiger partial charge in [-0.3, -0.25) is 4.90 Å². The van der Waals surface area contributed by atoms with Crippen LogP contribution in [-0.2, 0) is 6.54 Å². The lowest BCUT2D eigenvalue weighted by atomic mass is 9.80. The van der Waals surface area contributed by atoms with Gasteiger partial charge in [-0.2, -0.15) is 0 Å². The van der Waals surface area contributed by atoms with Gasteiger partial charge in [0.25, 0.3) is 0 Å². The molecule has 0 unspecified atom stereocenters. The average molecular weight is 265 g/mol. The first-order valence-electron chi connectivity index (χ1n) is 7.48. The molecule has 1 aliphatic rings. The first kappa shape index (κ1) is 14.6. The highest BCUT2D eigenvalue weighted by molar-refractivity contribution is 5.05. The summed E-state index contributed by atoms with van der Waals surface area (Å²) in [6, 6.07) is 4.06. The van der Waals surface area contributed by atoms with Gasteiger partial charge in [-0.15, -0.1) is 0 Å². The predicted octanol–water partition coefficient (Wildman–Crippen LogP) is 3.35. The second kappa shape index (κ2) is 6.58. The van der Waals surface area contributed by atoms with E-state index in [0.717, 1.165) is 37.5 Å². The highest BCUT2D eigenvalue weighted by atomic mass is 16.3. The maximum Gasteiger partial charge on any atom is 0.118 e. The molecular formula is C16H27NO2. The van der Waals surface area contributed by atoms with Gasteiger partial charge in [0.2, 0.25) is 0 Å². The summed E-state index contributed by atoms with van der Waals surface area (Å²) in [7, 11) is 2.13. The predicted molar refractivity (Wildman–Crippen MR) is 77.0 cm³/mol. The van der Waals surface area contributed by atoms with E-state index in [1.165, 1.54) is 25.7 Å². The molecule has 1 fully saturated rings. The van der Waals surface area contributed by atoms with Crippen molar-refractivity contribution in [2.75, 3.05) is 20.2 Å². The van der Waals surface area contributed by atoms with Crippen LogP contribution in [0.25, 0.3) is 0 Å². The Bertz CT molecular complexity index is 378. The van der Waals surface area contributed by atoms with Crippen LogP contribution in [0.3, 0.4) is 0 Å². The molecule has 3 heteroatoms. The minimum Gasteiger partial charge on any atom is -0.465 e. The molecule has 0 saturated heterocycles. The van der Waals surface area contributed by atoms with Gasteiger partial charge in [-0.05, 0) is 38.9 Å². The van der Waals surface area contributed by atoms with E-state index in [1.807, 2.05) is 19.1 Å². The normalized spacial score (nSPS) is 19.6. The van der Waals surface area contributed by atoms with Gasteiger partial charge in [0.1, 0.15) is 11.5 Å². The van der Waals surface area contributed by atoms with Gasteiger partial charge in [-0.25, -0.2) is 0 Å². The number of aryl methyl sites for hydroxylation is 1. The topological polar surface area (TPSA) is 36.6 Å². The van der Waals surface area contributed by atoms with E-state index in [-0.39, 0.29) is 5.41 Å². The summed E-state index contributed by atoms with van der Waals surface area (Å²) in [6.07, 6.45) is 7.48. The number of hydrogen-bond donors (Lipinski definition) is 1. The number of nitrogens with zero attached hydrogens (tertiary/aromatic N) is 1. The Balaban J connectivity index is 1.93. The monoisotopic (exact) mass is 265 g/mol. The quantitative estimate of drug-likeness (QED) is 0.829. The lowest BCUT2D eigenvalue weighted by Crippen LogP contribution is -2.38. The summed E-state index contributed by atoms with van der Waals surface area (Å²) < 4.78 is 5.63. The molecule has 1 aliphatic carbocycles. The van der Waals surface area contributed by atoms with E-state index in [1.54, 1.807) is 0 Å². The molecule has 1 heterocycles. The molecule has 3 nitrogen and oxygen atoms in total. The van der Waals surface area contributed by atoms with Crippen LogP contribution in [0.1, 0.15) is 50.0 Å². The van der Waals surface area contributed by atoms with Crippen LogP contribution < -0.4 is 0 Å². The van der Waals surface area contributed by atoms with Gasteiger partial charge in [0, 0.05) is 18.6 Å². The smallest absolute Gasteiger partial charge is 0.118 e. The van der Waals surface area contributed by atoms with Crippen LogP contribution in [0.4, 0.5) is 0 Å². The third-order valence-corrected chi connectivity index (χ3v) is 4.33. The van der Waals surface area contributed by atoms with E-state index in [4.69, 9.17) is 4.42 Å². The third-order valence-electron chi connectivity index (χ3n) is 4.33. The van der Waals surface area contributed by atoms with E-state index in [9.17, 15) is 5.11 Å². The van der Waals surface area contributed by atoms with Gasteiger partial charge < -0.3 is 9.52 Å². The summed E-state index contributed by atoms with van der Waals surface area (Å²) in [5.74, 6) is 1.98. The highest BCUT2D eigenvalue weighted by Gasteiger charge is 2.31. The minimum absolute atomic E-state index is 0.104. The number of furan rings is 1. The van der Waals surface area contributed by atoms with Crippen LogP contribution in [-0.4, -0.2) is 30.2 Å². The first-order chi connectivity index (χ1) is 9.13. The Morgan fingerprint density at radius 3 is 2.42 bits per heavy atom. The molecule has 0 atom stereocenters. The molecule has 0 bridgehead atoms. The molecule has 2 rings (SSSR count). The summed E-state index contributed by atoms with van der Waals surface area (Å²) in [5.41, 5.74) is 0.104. The summed E-state index contributed by atoms with van der Waals surface area (Å²) in [4.78, 5) is 2.29. The van der Waals surface area contributed by atoms with E-state index in [2.05, 4.69) is 11.9 Å². The van der Waals surface area contributed by atoms with Crippen LogP contribution in [0, 0.1) is 12.3 Å². The van der Waals surface area contributed by atoms with Crippen LogP contribution in [0.5, 0.6) is 0 Å². The maximum absolute atomic E-state index is 9.84. The van der Waals surface area contributed by atoms with Crippen molar-refractivity contribution in [3.05, 3.63) is 23.7 Å². The van der Waals surface area contributed by atoms with Crippen molar-refractivity contribution in [2.45, 2.75) is 52.0 Å². The molecular weight excluding hydrogens is 238 g/mol. The second-order valence-corrected chi connectivity index (χ2v) is 6.26. The highest BCUT2D eigenvalue weighted by Crippen LogP contribution is 2.35. The van der Waals surface area contributed by atoms with Crippen molar-refractivity contribution < 1.29 is 9.52 Å². The fourth-order valence-electron chi connectivity index (χ4n) is 3.31. The Labute approximate surface area is 116 Å². The zero-order valence-electron chi connectivity index (χ0n) is 12.3. The lowest BCUT2D eigenvalue weighted by molar-refractivity contribution is 0.0641. The third kappa shape index (κ3) is 4.08. The van der Waals surface area contributed by atoms with Gasteiger partial charge in [-0.1, -0.05) is 25.7 Å². The number of rotatable bonds is 5. The number of aliphatic hydroxyl groups excluding tert-OH is 1. The lowest BCUT2D eigenvalue weighted by Gasteiger charge is -2.34. The van der Waals surface area contributed by atoms with Crippen LogP contribution in [0.15, 0.2) is 16.5 Å². The van der Waals surface area contributed by atoms with E-state index >= 15 is 0 Å². The zero-order valence-corrected chi connectivity index (χ0v) is 12.3. The van der Waals surface area contributed by atoms with Crippen molar-refractivity contribution in [2.24, 2.45) is 5.41 Å². The molecule has 1 N–H and O–H groups in total. The summed E-state index contributed by atoms with van der Waals surface area (Å²) in [6.45, 7) is 4.08. The van der Waals surface area contributed by atoms with Crippen molar-refractivity contribution in [3.8, 4) is 0 Å². The fourth-order valence-corrected chi connectivity index (χ4v) is 3.31. The summed E-state index contributed by atoms with van der Waals surface area (Å²) in [5, 5.41) is 9.84. The Morgan fingerprint density at radius 1 is 1.21 bits per heavy atom. The number of aliphatic hydroxyl groups is 1. The molecule has 0 spiro atoms. The molecule has 108 valence electrons. The molecule has 0 aromatic carbocycles. The fraction of sp³-hybridized carbons (Fsp3) is 0.750. The zero-order chi connectivity index (χ0) is 13.7. The first-order valence-corrected chi connectivity index (χ1v) is 7.48. The Kier molecular flexibility index (Phi) is 5.06. The van der Waals surface area contributed by atoms with Gasteiger partial charge in [0.05, 0.1) is 6.54 Å². The van der Waals surface area contributed by atoms with Gasteiger partial charge >= 0.3 is 0 Å². The molecule has 1 aromatic heterocycles. The van der Waals surface area contributed by atoms with Crippen LogP contribution >= 0.6 is 0 Å². The maximum atomic E-state index is 9.84. The van der Waals surface area contributed by atoms with Crippen molar-refractivity contribution >= 4 is 0 Å². The average Bonchev–Trinajstić information content (AvgIpc) is 2.65.